The summed E-state index contributed by atoms with van der Waals surface area (Å²) in [5.74, 6) is 0.519. The molecule has 4 rings (SSSR count). The smallest absolute Gasteiger partial charge is 0.244 e. The molecule has 1 aliphatic heterocycles. The van der Waals surface area contributed by atoms with E-state index < -0.39 is 22.0 Å². The van der Waals surface area contributed by atoms with E-state index in [0.29, 0.717) is 11.6 Å². The highest BCUT2D eigenvalue weighted by atomic mass is 32.2. The van der Waals surface area contributed by atoms with E-state index in [9.17, 15) is 13.2 Å². The number of hydrogen-bond acceptors (Lipinski definition) is 5. The Kier molecular flexibility index (Phi) is 5.31. The predicted octanol–water partition coefficient (Wildman–Crippen LogP) is 2.18. The molecule has 0 bridgehead atoms. The molecule has 3 aromatic rings. The van der Waals surface area contributed by atoms with Crippen LogP contribution in [0.4, 0.5) is 5.82 Å². The Morgan fingerprint density at radius 3 is 2.43 bits per heavy atom. The van der Waals surface area contributed by atoms with Gasteiger partial charge in [0.05, 0.1) is 12.0 Å². The molecule has 2 heterocycles. The monoisotopic (exact) mass is 426 g/mol. The first-order valence-electron chi connectivity index (χ1n) is 9.41. The zero-order chi connectivity index (χ0) is 21.3. The second-order valence-corrected chi connectivity index (χ2v) is 8.97. The molecule has 1 unspecified atom stereocenters. The van der Waals surface area contributed by atoms with Crippen molar-refractivity contribution in [3.63, 3.8) is 0 Å². The quantitative estimate of drug-likeness (QED) is 0.675. The van der Waals surface area contributed by atoms with E-state index in [4.69, 9.17) is 4.74 Å². The fourth-order valence-electron chi connectivity index (χ4n) is 3.55. The number of anilines is 1. The van der Waals surface area contributed by atoms with Gasteiger partial charge in [-0.05, 0) is 41.8 Å². The van der Waals surface area contributed by atoms with Crippen LogP contribution in [-0.4, -0.2) is 41.6 Å². The van der Waals surface area contributed by atoms with E-state index in [1.54, 1.807) is 36.1 Å². The topological polar surface area (TPSA) is 93.5 Å². The third-order valence-electron chi connectivity index (χ3n) is 5.14. The van der Waals surface area contributed by atoms with Gasteiger partial charge in [0.15, 0.2) is 5.82 Å². The van der Waals surface area contributed by atoms with Crippen LogP contribution < -0.4 is 10.1 Å². The number of aromatic nitrogens is 2. The summed E-state index contributed by atoms with van der Waals surface area (Å²) in [5, 5.41) is 6.90. The molecule has 156 valence electrons. The molecule has 0 aliphatic carbocycles. The van der Waals surface area contributed by atoms with Gasteiger partial charge in [0.25, 0.3) is 0 Å². The van der Waals surface area contributed by atoms with Gasteiger partial charge in [-0.1, -0.05) is 24.3 Å². The summed E-state index contributed by atoms with van der Waals surface area (Å²) in [5.41, 5.74) is 1.84. The summed E-state index contributed by atoms with van der Waals surface area (Å²) in [6.07, 6.45) is 1.99. The third kappa shape index (κ3) is 3.81. The SMILES string of the molecule is COc1ccc(S(=O)(=O)N2Cc3ccccc3CC2C(=O)Nc2ccn(C)n2)cc1. The number of aryl methyl sites for hydroxylation is 1. The number of carbonyl (C=O) groups is 1. The Balaban J connectivity index is 1.70. The summed E-state index contributed by atoms with van der Waals surface area (Å²) in [6.45, 7) is 0.116. The molecule has 1 aromatic heterocycles. The summed E-state index contributed by atoms with van der Waals surface area (Å²) in [7, 11) is -0.660. The van der Waals surface area contributed by atoms with Crippen molar-refractivity contribution in [2.24, 2.45) is 7.05 Å². The summed E-state index contributed by atoms with van der Waals surface area (Å²) in [4.78, 5) is 13.2. The lowest BCUT2D eigenvalue weighted by atomic mass is 9.95. The molecule has 0 radical (unpaired) electrons. The molecule has 0 spiro atoms. The standard InChI is InChI=1S/C21H22N4O4S/c1-24-12-11-20(23-24)22-21(26)19-13-15-5-3-4-6-16(15)14-25(19)30(27,28)18-9-7-17(29-2)8-10-18/h3-12,19H,13-14H2,1-2H3,(H,22,23,26). The van der Waals surface area contributed by atoms with Gasteiger partial charge in [-0.15, -0.1) is 0 Å². The van der Waals surface area contributed by atoms with Crippen molar-refractivity contribution >= 4 is 21.7 Å². The van der Waals surface area contributed by atoms with Gasteiger partial charge in [0.2, 0.25) is 15.9 Å². The van der Waals surface area contributed by atoms with Crippen molar-refractivity contribution in [1.82, 2.24) is 14.1 Å². The number of nitrogens with zero attached hydrogens (tertiary/aromatic N) is 3. The second kappa shape index (κ2) is 7.92. The van der Waals surface area contributed by atoms with Crippen LogP contribution in [0.25, 0.3) is 0 Å². The predicted molar refractivity (Wildman–Crippen MR) is 111 cm³/mol. The maximum atomic E-state index is 13.5. The lowest BCUT2D eigenvalue weighted by Gasteiger charge is -2.34. The largest absolute Gasteiger partial charge is 0.497 e. The van der Waals surface area contributed by atoms with Crippen molar-refractivity contribution < 1.29 is 17.9 Å². The Bertz CT molecular complexity index is 1170. The van der Waals surface area contributed by atoms with Crippen LogP contribution >= 0.6 is 0 Å². The maximum Gasteiger partial charge on any atom is 0.244 e. The van der Waals surface area contributed by atoms with Crippen LogP contribution in [0.15, 0.2) is 65.7 Å². The number of sulfonamides is 1. The molecule has 0 fully saturated rings. The van der Waals surface area contributed by atoms with Crippen molar-refractivity contribution in [2.75, 3.05) is 12.4 Å². The van der Waals surface area contributed by atoms with Crippen LogP contribution in [0.5, 0.6) is 5.75 Å². The average molecular weight is 426 g/mol. The number of nitrogens with one attached hydrogen (secondary N) is 1. The number of rotatable bonds is 5. The number of carbonyl (C=O) groups excluding carboxylic acids is 1. The minimum absolute atomic E-state index is 0.110. The van der Waals surface area contributed by atoms with Gasteiger partial charge in [-0.25, -0.2) is 8.42 Å². The molecular weight excluding hydrogens is 404 g/mol. The van der Waals surface area contributed by atoms with Gasteiger partial charge >= 0.3 is 0 Å². The summed E-state index contributed by atoms with van der Waals surface area (Å²) in [6, 6.07) is 14.5. The lowest BCUT2D eigenvalue weighted by molar-refractivity contribution is -0.120. The zero-order valence-corrected chi connectivity index (χ0v) is 17.5. The molecule has 1 N–H and O–H groups in total. The van der Waals surface area contributed by atoms with Crippen LogP contribution in [-0.2, 0) is 34.8 Å². The van der Waals surface area contributed by atoms with E-state index in [1.165, 1.54) is 23.5 Å². The highest BCUT2D eigenvalue weighted by Crippen LogP contribution is 2.30. The summed E-state index contributed by atoms with van der Waals surface area (Å²) >= 11 is 0. The van der Waals surface area contributed by atoms with Gasteiger partial charge in [-0.3, -0.25) is 9.48 Å². The first-order chi connectivity index (χ1) is 14.4. The molecule has 9 heteroatoms. The molecule has 1 amide bonds. The maximum absolute atomic E-state index is 13.5. The molecule has 1 aliphatic rings. The van der Waals surface area contributed by atoms with Crippen LogP contribution in [0.1, 0.15) is 11.1 Å². The Labute approximate surface area is 175 Å². The van der Waals surface area contributed by atoms with Gasteiger partial charge in [-0.2, -0.15) is 9.40 Å². The fraction of sp³-hybridized carbons (Fsp3) is 0.238. The molecule has 0 saturated heterocycles. The highest BCUT2D eigenvalue weighted by molar-refractivity contribution is 7.89. The Hall–Kier alpha value is -3.17. The summed E-state index contributed by atoms with van der Waals surface area (Å²) < 4.78 is 34.9. The third-order valence-corrected chi connectivity index (χ3v) is 7.01. The minimum Gasteiger partial charge on any atom is -0.497 e. The average Bonchev–Trinajstić information content (AvgIpc) is 3.17. The van der Waals surface area contributed by atoms with E-state index in [-0.39, 0.29) is 17.9 Å². The number of amides is 1. The van der Waals surface area contributed by atoms with Gasteiger partial charge in [0, 0.05) is 25.9 Å². The fourth-order valence-corrected chi connectivity index (χ4v) is 5.11. The van der Waals surface area contributed by atoms with Crippen LogP contribution in [0.3, 0.4) is 0 Å². The van der Waals surface area contributed by atoms with Crippen molar-refractivity contribution in [2.45, 2.75) is 23.9 Å². The van der Waals surface area contributed by atoms with E-state index in [2.05, 4.69) is 10.4 Å². The number of methoxy groups -OCH3 is 1. The van der Waals surface area contributed by atoms with E-state index in [1.807, 2.05) is 24.3 Å². The highest BCUT2D eigenvalue weighted by Gasteiger charge is 2.39. The van der Waals surface area contributed by atoms with Crippen LogP contribution in [0, 0.1) is 0 Å². The van der Waals surface area contributed by atoms with Crippen molar-refractivity contribution in [1.29, 1.82) is 0 Å². The number of benzene rings is 2. The Morgan fingerprint density at radius 1 is 1.10 bits per heavy atom. The van der Waals surface area contributed by atoms with E-state index >= 15 is 0 Å². The first-order valence-corrected chi connectivity index (χ1v) is 10.9. The second-order valence-electron chi connectivity index (χ2n) is 7.08. The van der Waals surface area contributed by atoms with E-state index in [0.717, 1.165) is 11.1 Å². The molecule has 1 atom stereocenters. The molecule has 30 heavy (non-hydrogen) atoms. The van der Waals surface area contributed by atoms with Crippen molar-refractivity contribution in [3.8, 4) is 5.75 Å². The lowest BCUT2D eigenvalue weighted by Crippen LogP contribution is -2.50. The number of ether oxygens (including phenoxy) is 1. The van der Waals surface area contributed by atoms with Crippen molar-refractivity contribution in [3.05, 3.63) is 71.9 Å². The van der Waals surface area contributed by atoms with Gasteiger partial charge in [0.1, 0.15) is 11.8 Å². The van der Waals surface area contributed by atoms with Gasteiger partial charge < -0.3 is 10.1 Å². The molecular formula is C21H22N4O4S. The minimum atomic E-state index is -3.92. The molecule has 8 nitrogen and oxygen atoms in total. The molecule has 0 saturated carbocycles. The van der Waals surface area contributed by atoms with Crippen LogP contribution in [0.2, 0.25) is 0 Å². The first kappa shape index (κ1) is 20.1. The number of fused-ring (bicyclic) bond motifs is 1. The molecule has 2 aromatic carbocycles. The Morgan fingerprint density at radius 2 is 1.80 bits per heavy atom. The zero-order valence-electron chi connectivity index (χ0n) is 16.6. The normalized spacial score (nSPS) is 16.7. The number of hydrogen-bond donors (Lipinski definition) is 1.